The van der Waals surface area contributed by atoms with Crippen molar-refractivity contribution in [3.63, 3.8) is 0 Å². The summed E-state index contributed by atoms with van der Waals surface area (Å²) in [4.78, 5) is 20.1. The molecule has 8 heteroatoms. The summed E-state index contributed by atoms with van der Waals surface area (Å²) in [5, 5.41) is 2.90. The third-order valence-corrected chi connectivity index (χ3v) is 5.23. The van der Waals surface area contributed by atoms with Crippen LogP contribution in [0.25, 0.3) is 4.96 Å². The smallest absolute Gasteiger partial charge is 0.278 e. The van der Waals surface area contributed by atoms with E-state index in [2.05, 4.69) is 15.0 Å². The van der Waals surface area contributed by atoms with Crippen molar-refractivity contribution in [1.82, 2.24) is 19.5 Å². The van der Waals surface area contributed by atoms with Gasteiger partial charge in [-0.25, -0.2) is 4.98 Å². The first-order valence-electron chi connectivity index (χ1n) is 7.18. The van der Waals surface area contributed by atoms with Gasteiger partial charge in [0.15, 0.2) is 3.95 Å². The number of H-pyrrole nitrogens is 1. The van der Waals surface area contributed by atoms with Gasteiger partial charge in [0.2, 0.25) is 4.96 Å². The summed E-state index contributed by atoms with van der Waals surface area (Å²) in [6.07, 6.45) is 3.40. The van der Waals surface area contributed by atoms with E-state index < -0.39 is 0 Å². The van der Waals surface area contributed by atoms with E-state index in [1.54, 1.807) is 0 Å². The van der Waals surface area contributed by atoms with Crippen molar-refractivity contribution in [2.75, 3.05) is 19.7 Å². The molecule has 0 aromatic carbocycles. The lowest BCUT2D eigenvalue weighted by atomic mass is 10.1. The summed E-state index contributed by atoms with van der Waals surface area (Å²) in [7, 11) is 0. The van der Waals surface area contributed by atoms with Crippen molar-refractivity contribution >= 4 is 28.5 Å². The molecule has 0 saturated carbocycles. The Labute approximate surface area is 130 Å². The van der Waals surface area contributed by atoms with Crippen LogP contribution in [0.1, 0.15) is 24.1 Å². The Bertz CT molecular complexity index is 788. The largest absolute Gasteiger partial charge is 0.377 e. The molecule has 2 aliphatic heterocycles. The Kier molecular flexibility index (Phi) is 3.41. The number of aromatic amines is 1. The molecule has 0 spiro atoms. The summed E-state index contributed by atoms with van der Waals surface area (Å²) in [5.41, 5.74) is 1.70. The molecule has 1 N–H and O–H groups in total. The number of aromatic nitrogens is 3. The molecule has 4 rings (SSSR count). The monoisotopic (exact) mass is 324 g/mol. The third kappa shape index (κ3) is 2.46. The molecule has 6 nitrogen and oxygen atoms in total. The van der Waals surface area contributed by atoms with Crippen LogP contribution in [0.3, 0.4) is 0 Å². The lowest BCUT2D eigenvalue weighted by Gasteiger charge is -2.29. The van der Waals surface area contributed by atoms with E-state index in [0.717, 1.165) is 50.2 Å². The van der Waals surface area contributed by atoms with Crippen LogP contribution in [0.15, 0.2) is 4.79 Å². The number of nitrogens with zero attached hydrogens (tertiary/aromatic N) is 3. The van der Waals surface area contributed by atoms with Gasteiger partial charge in [0, 0.05) is 32.7 Å². The Morgan fingerprint density at radius 3 is 3.24 bits per heavy atom. The van der Waals surface area contributed by atoms with Crippen molar-refractivity contribution in [2.45, 2.75) is 31.9 Å². The average molecular weight is 324 g/mol. The van der Waals surface area contributed by atoms with Gasteiger partial charge >= 0.3 is 0 Å². The molecular formula is C13H16N4O2S2. The number of ether oxygens (including phenoxy) is 1. The van der Waals surface area contributed by atoms with Crippen LogP contribution >= 0.6 is 23.6 Å². The first-order chi connectivity index (χ1) is 10.2. The summed E-state index contributed by atoms with van der Waals surface area (Å²) in [5.74, 6) is 0. The molecule has 0 unspecified atom stereocenters. The number of rotatable bonds is 2. The van der Waals surface area contributed by atoms with Crippen LogP contribution in [0, 0.1) is 3.95 Å². The average Bonchev–Trinajstić information content (AvgIpc) is 3.09. The standard InChI is InChI=1S/C13H16N4O2S2/c18-11-9-7-16(6-8-2-1-5-19-8)4-3-10(9)14-12-17(11)15-13(20)21-12/h8H,1-7H2,(H,15,20)/t8-/m1/s1. The highest BCUT2D eigenvalue weighted by molar-refractivity contribution is 7.73. The number of hydrogen-bond acceptors (Lipinski definition) is 6. The summed E-state index contributed by atoms with van der Waals surface area (Å²) in [6, 6.07) is 0. The Hall–Kier alpha value is -1.09. The van der Waals surface area contributed by atoms with E-state index >= 15 is 0 Å². The van der Waals surface area contributed by atoms with Crippen LogP contribution < -0.4 is 5.56 Å². The number of nitrogens with one attached hydrogen (secondary N) is 1. The quantitative estimate of drug-likeness (QED) is 0.845. The van der Waals surface area contributed by atoms with E-state index in [1.807, 2.05) is 0 Å². The highest BCUT2D eigenvalue weighted by Crippen LogP contribution is 2.19. The van der Waals surface area contributed by atoms with Crippen molar-refractivity contribution in [1.29, 1.82) is 0 Å². The molecule has 1 saturated heterocycles. The maximum atomic E-state index is 12.6. The van der Waals surface area contributed by atoms with Crippen LogP contribution in [0.5, 0.6) is 0 Å². The van der Waals surface area contributed by atoms with Gasteiger partial charge in [-0.3, -0.25) is 14.8 Å². The van der Waals surface area contributed by atoms with Gasteiger partial charge in [-0.2, -0.15) is 4.52 Å². The van der Waals surface area contributed by atoms with Gasteiger partial charge in [-0.15, -0.1) is 0 Å². The van der Waals surface area contributed by atoms with E-state index in [4.69, 9.17) is 17.0 Å². The van der Waals surface area contributed by atoms with Crippen molar-refractivity contribution in [3.05, 3.63) is 25.6 Å². The van der Waals surface area contributed by atoms with Crippen molar-refractivity contribution in [3.8, 4) is 0 Å². The van der Waals surface area contributed by atoms with Crippen LogP contribution in [0.2, 0.25) is 0 Å². The van der Waals surface area contributed by atoms with Gasteiger partial charge in [-0.05, 0) is 25.1 Å². The molecular weight excluding hydrogens is 308 g/mol. The summed E-state index contributed by atoms with van der Waals surface area (Å²) >= 11 is 6.45. The Morgan fingerprint density at radius 1 is 1.52 bits per heavy atom. The number of fused-ring (bicyclic) bond motifs is 2. The predicted molar refractivity (Wildman–Crippen MR) is 82.5 cm³/mol. The second kappa shape index (κ2) is 5.28. The van der Waals surface area contributed by atoms with Gasteiger partial charge in [0.25, 0.3) is 5.56 Å². The molecule has 1 atom stereocenters. The first-order valence-corrected chi connectivity index (χ1v) is 8.41. The number of hydrogen-bond donors (Lipinski definition) is 1. The van der Waals surface area contributed by atoms with Gasteiger partial charge < -0.3 is 4.74 Å². The van der Waals surface area contributed by atoms with E-state index in [9.17, 15) is 4.79 Å². The maximum absolute atomic E-state index is 12.6. The zero-order valence-corrected chi connectivity index (χ0v) is 13.1. The van der Waals surface area contributed by atoms with Crippen LogP contribution in [-0.4, -0.2) is 45.3 Å². The fourth-order valence-electron chi connectivity index (χ4n) is 3.11. The molecule has 21 heavy (non-hydrogen) atoms. The lowest BCUT2D eigenvalue weighted by molar-refractivity contribution is 0.0683. The molecule has 1 fully saturated rings. The first kappa shape index (κ1) is 13.6. The highest BCUT2D eigenvalue weighted by atomic mass is 32.1. The van der Waals surface area contributed by atoms with Crippen molar-refractivity contribution in [2.24, 2.45) is 0 Å². The molecule has 0 bridgehead atoms. The summed E-state index contributed by atoms with van der Waals surface area (Å²) < 4.78 is 7.74. The van der Waals surface area contributed by atoms with Gasteiger partial charge in [0.05, 0.1) is 17.4 Å². The predicted octanol–water partition coefficient (Wildman–Crippen LogP) is 1.35. The molecule has 0 amide bonds. The van der Waals surface area contributed by atoms with E-state index in [1.165, 1.54) is 15.9 Å². The molecule has 4 heterocycles. The minimum Gasteiger partial charge on any atom is -0.377 e. The lowest BCUT2D eigenvalue weighted by Crippen LogP contribution is -2.40. The molecule has 2 aromatic heterocycles. The molecule has 112 valence electrons. The van der Waals surface area contributed by atoms with Gasteiger partial charge in [-0.1, -0.05) is 11.3 Å². The topological polar surface area (TPSA) is 62.6 Å². The second-order valence-electron chi connectivity index (χ2n) is 5.58. The molecule has 2 aliphatic rings. The minimum absolute atomic E-state index is 0.0145. The SMILES string of the molecule is O=c1c2c(nc3sc(=S)[nH]n13)CCN(C[C@H]1CCCO1)C2. The Morgan fingerprint density at radius 2 is 2.43 bits per heavy atom. The van der Waals surface area contributed by atoms with Gasteiger partial charge in [0.1, 0.15) is 0 Å². The van der Waals surface area contributed by atoms with E-state index in [-0.39, 0.29) is 5.56 Å². The highest BCUT2D eigenvalue weighted by Gasteiger charge is 2.25. The minimum atomic E-state index is -0.0145. The molecule has 0 aliphatic carbocycles. The fourth-order valence-corrected chi connectivity index (χ4v) is 4.10. The Balaban J connectivity index is 1.66. The third-order valence-electron chi connectivity index (χ3n) is 4.15. The molecule has 2 aromatic rings. The maximum Gasteiger partial charge on any atom is 0.278 e. The van der Waals surface area contributed by atoms with Crippen LogP contribution in [-0.2, 0) is 17.7 Å². The fraction of sp³-hybridized carbons (Fsp3) is 0.615. The van der Waals surface area contributed by atoms with Crippen molar-refractivity contribution < 1.29 is 4.74 Å². The summed E-state index contributed by atoms with van der Waals surface area (Å²) in [6.45, 7) is 3.36. The normalized spacial score (nSPS) is 22.8. The second-order valence-corrected chi connectivity index (χ2v) is 7.23. The molecule has 0 radical (unpaired) electrons. The van der Waals surface area contributed by atoms with Crippen LogP contribution in [0.4, 0.5) is 0 Å². The zero-order chi connectivity index (χ0) is 14.4. The van der Waals surface area contributed by atoms with E-state index in [0.29, 0.717) is 21.6 Å². The zero-order valence-electron chi connectivity index (χ0n) is 11.5.